The second kappa shape index (κ2) is 10.3. The van der Waals surface area contributed by atoms with Crippen molar-refractivity contribution in [2.45, 2.75) is 45.9 Å². The van der Waals surface area contributed by atoms with Crippen molar-refractivity contribution < 1.29 is 9.47 Å². The van der Waals surface area contributed by atoms with Crippen molar-refractivity contribution >= 4 is 5.96 Å². The molecule has 5 heteroatoms. The van der Waals surface area contributed by atoms with Gasteiger partial charge in [0.15, 0.2) is 5.96 Å². The largest absolute Gasteiger partial charge is 0.381 e. The molecule has 0 bridgehead atoms. The van der Waals surface area contributed by atoms with E-state index in [0.29, 0.717) is 18.6 Å². The van der Waals surface area contributed by atoms with Crippen LogP contribution in [0.1, 0.15) is 37.8 Å². The van der Waals surface area contributed by atoms with E-state index in [2.05, 4.69) is 53.7 Å². The highest BCUT2D eigenvalue weighted by Gasteiger charge is 2.14. The third kappa shape index (κ3) is 6.89. The molecule has 0 unspecified atom stereocenters. The lowest BCUT2D eigenvalue weighted by molar-refractivity contribution is -0.0390. The van der Waals surface area contributed by atoms with Crippen LogP contribution >= 0.6 is 0 Å². The Balaban J connectivity index is 1.78. The maximum Gasteiger partial charge on any atom is 0.191 e. The number of rotatable bonds is 7. The van der Waals surface area contributed by atoms with Crippen LogP contribution in [-0.4, -0.2) is 38.9 Å². The van der Waals surface area contributed by atoms with Crippen LogP contribution in [0.5, 0.6) is 0 Å². The Morgan fingerprint density at radius 3 is 2.71 bits per heavy atom. The minimum atomic E-state index is 0.333. The van der Waals surface area contributed by atoms with E-state index in [9.17, 15) is 0 Å². The molecule has 2 rings (SSSR count). The molecule has 0 atom stereocenters. The maximum atomic E-state index is 6.00. The molecular weight excluding hydrogens is 302 g/mol. The second-order valence-corrected chi connectivity index (χ2v) is 6.64. The summed E-state index contributed by atoms with van der Waals surface area (Å²) in [7, 11) is 1.80. The van der Waals surface area contributed by atoms with E-state index in [1.807, 2.05) is 0 Å². The molecule has 24 heavy (non-hydrogen) atoms. The van der Waals surface area contributed by atoms with Gasteiger partial charge in [-0.1, -0.05) is 38.1 Å². The molecule has 0 amide bonds. The lowest BCUT2D eigenvalue weighted by Gasteiger charge is -2.22. The van der Waals surface area contributed by atoms with Gasteiger partial charge in [-0.05, 0) is 29.9 Å². The van der Waals surface area contributed by atoms with Crippen LogP contribution in [0.2, 0.25) is 0 Å². The minimum absolute atomic E-state index is 0.333. The average molecular weight is 333 g/mol. The number of hydrogen-bond acceptors (Lipinski definition) is 3. The van der Waals surface area contributed by atoms with Gasteiger partial charge in [0.05, 0.1) is 12.7 Å². The van der Waals surface area contributed by atoms with Crippen LogP contribution in [0.25, 0.3) is 0 Å². The van der Waals surface area contributed by atoms with Crippen LogP contribution in [0.4, 0.5) is 0 Å². The lowest BCUT2D eigenvalue weighted by Crippen LogP contribution is -2.38. The summed E-state index contributed by atoms with van der Waals surface area (Å²) in [5.74, 6) is 1.43. The average Bonchev–Trinajstić information content (AvgIpc) is 2.61. The minimum Gasteiger partial charge on any atom is -0.381 e. The van der Waals surface area contributed by atoms with E-state index in [1.54, 1.807) is 7.05 Å². The predicted octanol–water partition coefficient (Wildman–Crippen LogP) is 2.70. The van der Waals surface area contributed by atoms with Crippen molar-refractivity contribution in [1.82, 2.24) is 10.6 Å². The van der Waals surface area contributed by atoms with Crippen LogP contribution < -0.4 is 10.6 Å². The smallest absolute Gasteiger partial charge is 0.191 e. The molecule has 1 aliphatic heterocycles. The molecule has 0 aromatic heterocycles. The number of nitrogens with one attached hydrogen (secondary N) is 2. The first-order valence-electron chi connectivity index (χ1n) is 8.89. The highest BCUT2D eigenvalue weighted by molar-refractivity contribution is 5.79. The summed E-state index contributed by atoms with van der Waals surface area (Å²) in [6.45, 7) is 8.33. The molecule has 0 saturated carbocycles. The number of aliphatic imine (C=N–C) groups is 1. The summed E-state index contributed by atoms with van der Waals surface area (Å²) in [6, 6.07) is 8.53. The molecule has 0 radical (unpaired) electrons. The van der Waals surface area contributed by atoms with E-state index in [1.165, 1.54) is 11.1 Å². The zero-order chi connectivity index (χ0) is 17.2. The fraction of sp³-hybridized carbons (Fsp3) is 0.632. The van der Waals surface area contributed by atoms with Crippen molar-refractivity contribution in [2.24, 2.45) is 10.9 Å². The quantitative estimate of drug-likeness (QED) is 0.595. The SMILES string of the molecule is CN=C(NCc1cccc(COC2CCOCC2)c1)NCC(C)C. The molecule has 1 aromatic carbocycles. The molecule has 5 nitrogen and oxygen atoms in total. The molecule has 1 heterocycles. The summed E-state index contributed by atoms with van der Waals surface area (Å²) in [5, 5.41) is 6.68. The second-order valence-electron chi connectivity index (χ2n) is 6.64. The highest BCUT2D eigenvalue weighted by Crippen LogP contribution is 2.14. The third-order valence-corrected chi connectivity index (χ3v) is 4.01. The molecule has 1 saturated heterocycles. The van der Waals surface area contributed by atoms with Crippen molar-refractivity contribution in [3.63, 3.8) is 0 Å². The molecule has 1 fully saturated rings. The van der Waals surface area contributed by atoms with E-state index in [4.69, 9.17) is 9.47 Å². The van der Waals surface area contributed by atoms with Gasteiger partial charge < -0.3 is 20.1 Å². The lowest BCUT2D eigenvalue weighted by atomic mass is 10.1. The standard InChI is InChI=1S/C19H31N3O2/c1-15(2)12-21-19(20-3)22-13-16-5-4-6-17(11-16)14-24-18-7-9-23-10-8-18/h4-6,11,15,18H,7-10,12-14H2,1-3H3,(H2,20,21,22). The molecule has 1 aromatic rings. The fourth-order valence-corrected chi connectivity index (χ4v) is 2.59. The van der Waals surface area contributed by atoms with Gasteiger partial charge in [-0.15, -0.1) is 0 Å². The van der Waals surface area contributed by atoms with Crippen LogP contribution in [0.3, 0.4) is 0 Å². The molecule has 0 aliphatic carbocycles. The molecule has 134 valence electrons. The number of nitrogens with zero attached hydrogens (tertiary/aromatic N) is 1. The zero-order valence-electron chi connectivity index (χ0n) is 15.2. The van der Waals surface area contributed by atoms with Gasteiger partial charge in [-0.3, -0.25) is 4.99 Å². The van der Waals surface area contributed by atoms with Gasteiger partial charge in [0.1, 0.15) is 0 Å². The van der Waals surface area contributed by atoms with Crippen LogP contribution in [0, 0.1) is 5.92 Å². The van der Waals surface area contributed by atoms with Crippen molar-refractivity contribution in [3.8, 4) is 0 Å². The molecular formula is C19H31N3O2. The van der Waals surface area contributed by atoms with Crippen molar-refractivity contribution in [1.29, 1.82) is 0 Å². The highest BCUT2D eigenvalue weighted by atomic mass is 16.5. The molecule has 2 N–H and O–H groups in total. The first-order valence-corrected chi connectivity index (χ1v) is 8.89. The monoisotopic (exact) mass is 333 g/mol. The van der Waals surface area contributed by atoms with Gasteiger partial charge >= 0.3 is 0 Å². The van der Waals surface area contributed by atoms with Gasteiger partial charge in [-0.2, -0.15) is 0 Å². The van der Waals surface area contributed by atoms with Crippen molar-refractivity contribution in [3.05, 3.63) is 35.4 Å². The topological polar surface area (TPSA) is 54.9 Å². The van der Waals surface area contributed by atoms with E-state index >= 15 is 0 Å². The van der Waals surface area contributed by atoms with E-state index in [0.717, 1.165) is 45.1 Å². The summed E-state index contributed by atoms with van der Waals surface area (Å²) >= 11 is 0. The zero-order valence-corrected chi connectivity index (χ0v) is 15.2. The Bertz CT molecular complexity index is 511. The van der Waals surface area contributed by atoms with Crippen molar-refractivity contribution in [2.75, 3.05) is 26.8 Å². The van der Waals surface area contributed by atoms with Gasteiger partial charge in [0.2, 0.25) is 0 Å². The molecule has 1 aliphatic rings. The van der Waals surface area contributed by atoms with Gasteiger partial charge in [0, 0.05) is 33.4 Å². The Kier molecular flexibility index (Phi) is 8.05. The summed E-state index contributed by atoms with van der Waals surface area (Å²) in [4.78, 5) is 4.25. The first-order chi connectivity index (χ1) is 11.7. The Labute approximate surface area is 145 Å². The normalized spacial score (nSPS) is 16.4. The Morgan fingerprint density at radius 2 is 2.00 bits per heavy atom. The Morgan fingerprint density at radius 1 is 1.25 bits per heavy atom. The van der Waals surface area contributed by atoms with E-state index < -0.39 is 0 Å². The van der Waals surface area contributed by atoms with Gasteiger partial charge in [-0.25, -0.2) is 0 Å². The molecule has 0 spiro atoms. The van der Waals surface area contributed by atoms with Crippen LogP contribution in [-0.2, 0) is 22.6 Å². The number of ether oxygens (including phenoxy) is 2. The predicted molar refractivity (Wildman–Crippen MR) is 98.1 cm³/mol. The third-order valence-electron chi connectivity index (χ3n) is 4.01. The summed E-state index contributed by atoms with van der Waals surface area (Å²) < 4.78 is 11.4. The fourth-order valence-electron chi connectivity index (χ4n) is 2.59. The Hall–Kier alpha value is -1.59. The van der Waals surface area contributed by atoms with Gasteiger partial charge in [0.25, 0.3) is 0 Å². The van der Waals surface area contributed by atoms with E-state index in [-0.39, 0.29) is 0 Å². The summed E-state index contributed by atoms with van der Waals surface area (Å²) in [6.07, 6.45) is 2.33. The first kappa shape index (κ1) is 18.7. The number of hydrogen-bond donors (Lipinski definition) is 2. The van der Waals surface area contributed by atoms with Crippen LogP contribution in [0.15, 0.2) is 29.3 Å². The number of benzene rings is 1. The maximum absolute atomic E-state index is 6.00. The number of guanidine groups is 1. The summed E-state index contributed by atoms with van der Waals surface area (Å²) in [5.41, 5.74) is 2.45.